The zero-order valence-corrected chi connectivity index (χ0v) is 14.1. The fraction of sp³-hybridized carbons (Fsp3) is 0.467. The van der Waals surface area contributed by atoms with E-state index in [1.165, 1.54) is 4.90 Å². The molecule has 2 aromatic heterocycles. The zero-order valence-electron chi connectivity index (χ0n) is 13.3. The average Bonchev–Trinajstić information content (AvgIpc) is 2.81. The van der Waals surface area contributed by atoms with Gasteiger partial charge in [0.15, 0.2) is 9.84 Å². The first kappa shape index (κ1) is 15.8. The van der Waals surface area contributed by atoms with E-state index in [9.17, 15) is 13.2 Å². The first-order valence-corrected chi connectivity index (χ1v) is 8.86. The van der Waals surface area contributed by atoms with Gasteiger partial charge in [-0.25, -0.2) is 18.2 Å². The lowest BCUT2D eigenvalue weighted by molar-refractivity contribution is 0.0139. The van der Waals surface area contributed by atoms with E-state index in [0.717, 1.165) is 0 Å². The molecule has 8 heteroatoms. The van der Waals surface area contributed by atoms with Crippen molar-refractivity contribution in [2.45, 2.75) is 36.5 Å². The van der Waals surface area contributed by atoms with Gasteiger partial charge in [-0.3, -0.25) is 0 Å². The molecular formula is C15H19N3O4S. The lowest BCUT2D eigenvalue weighted by Crippen LogP contribution is -2.57. The van der Waals surface area contributed by atoms with Gasteiger partial charge in [0.05, 0.1) is 4.90 Å². The summed E-state index contributed by atoms with van der Waals surface area (Å²) in [6.45, 7) is 5.64. The van der Waals surface area contributed by atoms with Gasteiger partial charge in [-0.2, -0.15) is 0 Å². The number of imidazole rings is 1. The van der Waals surface area contributed by atoms with E-state index in [0.29, 0.717) is 5.65 Å². The number of fused-ring (bicyclic) bond motifs is 1. The molecule has 0 bridgehead atoms. The molecule has 0 spiro atoms. The summed E-state index contributed by atoms with van der Waals surface area (Å²) in [5.74, 6) is 0. The molecule has 3 rings (SSSR count). The Hall–Kier alpha value is -2.09. The van der Waals surface area contributed by atoms with Crippen molar-refractivity contribution in [2.24, 2.45) is 0 Å². The Labute approximate surface area is 134 Å². The fourth-order valence-corrected chi connectivity index (χ4v) is 4.03. The normalized spacial score (nSPS) is 16.4. The minimum atomic E-state index is -3.48. The molecule has 0 radical (unpaired) electrons. The maximum atomic E-state index is 12.6. The van der Waals surface area contributed by atoms with Crippen LogP contribution in [0.3, 0.4) is 0 Å². The van der Waals surface area contributed by atoms with Gasteiger partial charge >= 0.3 is 6.09 Å². The van der Waals surface area contributed by atoms with Crippen LogP contribution in [0.4, 0.5) is 4.79 Å². The van der Waals surface area contributed by atoms with Gasteiger partial charge in [-0.1, -0.05) is 0 Å². The minimum absolute atomic E-state index is 0.152. The number of pyridine rings is 1. The topological polar surface area (TPSA) is 81.0 Å². The molecule has 1 amide bonds. The number of amides is 1. The number of likely N-dealkylation sites (tertiary alicyclic amines) is 1. The number of hydrogen-bond acceptors (Lipinski definition) is 5. The molecule has 7 nitrogen and oxygen atoms in total. The molecule has 0 aromatic carbocycles. The van der Waals surface area contributed by atoms with Crippen molar-refractivity contribution in [1.29, 1.82) is 0 Å². The van der Waals surface area contributed by atoms with E-state index in [2.05, 4.69) is 4.98 Å². The summed E-state index contributed by atoms with van der Waals surface area (Å²) >= 11 is 0. The highest BCUT2D eigenvalue weighted by Crippen LogP contribution is 2.25. The van der Waals surface area contributed by atoms with Crippen molar-refractivity contribution in [3.05, 3.63) is 30.7 Å². The molecule has 1 fully saturated rings. The Morgan fingerprint density at radius 2 is 2.00 bits per heavy atom. The third-order valence-corrected chi connectivity index (χ3v) is 5.70. The Morgan fingerprint density at radius 3 is 2.65 bits per heavy atom. The average molecular weight is 337 g/mol. The van der Waals surface area contributed by atoms with Gasteiger partial charge in [-0.05, 0) is 32.9 Å². The van der Waals surface area contributed by atoms with Crippen molar-refractivity contribution in [3.63, 3.8) is 0 Å². The van der Waals surface area contributed by atoms with Gasteiger partial charge in [0.25, 0.3) is 0 Å². The SMILES string of the molecule is CC(C)(C)OC(=O)N1CC(S(=O)(=O)c2ccc3nccn3c2)C1. The highest BCUT2D eigenvalue weighted by atomic mass is 32.2. The van der Waals surface area contributed by atoms with E-state index in [4.69, 9.17) is 4.74 Å². The van der Waals surface area contributed by atoms with Crippen molar-refractivity contribution in [1.82, 2.24) is 14.3 Å². The standard InChI is InChI=1S/C15H19N3O4S/c1-15(2,3)22-14(19)18-9-12(10-18)23(20,21)11-4-5-13-16-6-7-17(13)8-11/h4-8,12H,9-10H2,1-3H3. The van der Waals surface area contributed by atoms with Crippen LogP contribution in [0.2, 0.25) is 0 Å². The van der Waals surface area contributed by atoms with Crippen LogP contribution in [0, 0.1) is 0 Å². The van der Waals surface area contributed by atoms with Crippen LogP contribution < -0.4 is 0 Å². The van der Waals surface area contributed by atoms with Gasteiger partial charge in [0.1, 0.15) is 16.5 Å². The van der Waals surface area contributed by atoms with Crippen molar-refractivity contribution < 1.29 is 17.9 Å². The summed E-state index contributed by atoms with van der Waals surface area (Å²) < 4.78 is 32.1. The van der Waals surface area contributed by atoms with E-state index in [1.807, 2.05) is 0 Å². The van der Waals surface area contributed by atoms with Crippen molar-refractivity contribution in [3.8, 4) is 0 Å². The quantitative estimate of drug-likeness (QED) is 0.833. The summed E-state index contributed by atoms with van der Waals surface area (Å²) in [5.41, 5.74) is 0.0981. The van der Waals surface area contributed by atoms with Crippen LogP contribution in [0.15, 0.2) is 35.6 Å². The van der Waals surface area contributed by atoms with Gasteiger partial charge in [0, 0.05) is 31.7 Å². The maximum Gasteiger partial charge on any atom is 0.410 e. The van der Waals surface area contributed by atoms with Gasteiger partial charge in [0.2, 0.25) is 0 Å². The number of rotatable bonds is 2. The predicted molar refractivity (Wildman–Crippen MR) is 84.0 cm³/mol. The Kier molecular flexibility index (Phi) is 3.59. The van der Waals surface area contributed by atoms with Crippen LogP contribution in [0.5, 0.6) is 0 Å². The van der Waals surface area contributed by atoms with E-state index >= 15 is 0 Å². The Morgan fingerprint density at radius 1 is 1.30 bits per heavy atom. The summed E-state index contributed by atoms with van der Waals surface area (Å²) in [4.78, 5) is 17.6. The molecule has 0 aliphatic carbocycles. The summed E-state index contributed by atoms with van der Waals surface area (Å²) in [7, 11) is -3.48. The maximum absolute atomic E-state index is 12.6. The van der Waals surface area contributed by atoms with E-state index in [1.54, 1.807) is 55.9 Å². The Bertz CT molecular complexity index is 845. The molecule has 0 N–H and O–H groups in total. The number of sulfone groups is 1. The largest absolute Gasteiger partial charge is 0.444 e. The molecule has 0 atom stereocenters. The van der Waals surface area contributed by atoms with E-state index < -0.39 is 26.8 Å². The molecule has 1 saturated heterocycles. The summed E-state index contributed by atoms with van der Waals surface area (Å²) in [6.07, 6.45) is 4.38. The predicted octanol–water partition coefficient (Wildman–Crippen LogP) is 1.73. The van der Waals surface area contributed by atoms with Gasteiger partial charge < -0.3 is 14.0 Å². The molecule has 0 unspecified atom stereocenters. The number of nitrogens with zero attached hydrogens (tertiary/aromatic N) is 3. The molecule has 23 heavy (non-hydrogen) atoms. The first-order chi connectivity index (χ1) is 10.7. The van der Waals surface area contributed by atoms with Crippen molar-refractivity contribution in [2.75, 3.05) is 13.1 Å². The summed E-state index contributed by atoms with van der Waals surface area (Å²) in [5, 5.41) is -0.601. The second-order valence-corrected chi connectivity index (χ2v) is 8.84. The molecule has 124 valence electrons. The van der Waals surface area contributed by atoms with Crippen LogP contribution in [-0.2, 0) is 14.6 Å². The monoisotopic (exact) mass is 337 g/mol. The number of aromatic nitrogens is 2. The van der Waals surface area contributed by atoms with Crippen LogP contribution in [0.25, 0.3) is 5.65 Å². The third-order valence-electron chi connectivity index (χ3n) is 3.63. The number of carbonyl (C=O) groups excluding carboxylic acids is 1. The first-order valence-electron chi connectivity index (χ1n) is 7.31. The molecular weight excluding hydrogens is 318 g/mol. The van der Waals surface area contributed by atoms with Crippen LogP contribution in [-0.4, -0.2) is 52.7 Å². The van der Waals surface area contributed by atoms with Crippen LogP contribution >= 0.6 is 0 Å². The van der Waals surface area contributed by atoms with Crippen molar-refractivity contribution >= 4 is 21.6 Å². The zero-order chi connectivity index (χ0) is 16.8. The Balaban J connectivity index is 1.71. The smallest absolute Gasteiger partial charge is 0.410 e. The third kappa shape index (κ3) is 3.03. The van der Waals surface area contributed by atoms with Crippen LogP contribution in [0.1, 0.15) is 20.8 Å². The molecule has 0 saturated carbocycles. The molecule has 2 aromatic rings. The fourth-order valence-electron chi connectivity index (χ4n) is 2.37. The van der Waals surface area contributed by atoms with Gasteiger partial charge in [-0.15, -0.1) is 0 Å². The van der Waals surface area contributed by atoms with E-state index in [-0.39, 0.29) is 18.0 Å². The molecule has 3 heterocycles. The highest BCUT2D eigenvalue weighted by molar-refractivity contribution is 7.92. The second kappa shape index (κ2) is 5.23. The highest BCUT2D eigenvalue weighted by Gasteiger charge is 2.42. The minimum Gasteiger partial charge on any atom is -0.444 e. The molecule has 1 aliphatic heterocycles. The lowest BCUT2D eigenvalue weighted by atomic mass is 10.2. The number of ether oxygens (including phenoxy) is 1. The number of carbonyl (C=O) groups is 1. The summed E-state index contributed by atoms with van der Waals surface area (Å²) in [6, 6.07) is 3.21. The number of hydrogen-bond donors (Lipinski definition) is 0. The second-order valence-electron chi connectivity index (χ2n) is 6.61. The molecule has 1 aliphatic rings. The lowest BCUT2D eigenvalue weighted by Gasteiger charge is -2.39.